The van der Waals surface area contributed by atoms with Crippen molar-refractivity contribution >= 4 is 17.9 Å². The van der Waals surface area contributed by atoms with Gasteiger partial charge in [-0.05, 0) is 61.6 Å². The number of rotatable bonds is 4. The van der Waals surface area contributed by atoms with E-state index in [1.807, 2.05) is 19.1 Å². The van der Waals surface area contributed by atoms with E-state index in [0.29, 0.717) is 13.0 Å². The van der Waals surface area contributed by atoms with Crippen LogP contribution in [-0.4, -0.2) is 18.4 Å². The van der Waals surface area contributed by atoms with E-state index in [1.165, 1.54) is 12.0 Å². The summed E-state index contributed by atoms with van der Waals surface area (Å²) >= 11 is 0. The van der Waals surface area contributed by atoms with Gasteiger partial charge in [-0.1, -0.05) is 25.3 Å². The Bertz CT molecular complexity index is 761. The Labute approximate surface area is 143 Å². The molecule has 1 aromatic rings. The Kier molecular flexibility index (Phi) is 5.12. The minimum Gasteiger partial charge on any atom is -0.356 e. The van der Waals surface area contributed by atoms with Gasteiger partial charge in [0.15, 0.2) is 0 Å². The van der Waals surface area contributed by atoms with Crippen LogP contribution in [0.4, 0.5) is 0 Å². The number of carbonyl (C=O) groups excluding carboxylic acids is 2. The van der Waals surface area contributed by atoms with Crippen LogP contribution < -0.4 is 15.9 Å². The van der Waals surface area contributed by atoms with E-state index in [2.05, 4.69) is 23.3 Å². The second kappa shape index (κ2) is 7.29. The van der Waals surface area contributed by atoms with Crippen molar-refractivity contribution < 1.29 is 9.59 Å². The summed E-state index contributed by atoms with van der Waals surface area (Å²) in [5.41, 5.74) is 2.36. The fraction of sp³-hybridized carbons (Fsp3) is 0.550. The van der Waals surface area contributed by atoms with Crippen molar-refractivity contribution in [1.29, 1.82) is 0 Å². The summed E-state index contributed by atoms with van der Waals surface area (Å²) in [7, 11) is 0. The maximum atomic E-state index is 12.2. The van der Waals surface area contributed by atoms with E-state index in [4.69, 9.17) is 0 Å². The van der Waals surface area contributed by atoms with E-state index in [1.54, 1.807) is 0 Å². The van der Waals surface area contributed by atoms with Crippen molar-refractivity contribution in [2.24, 2.45) is 16.8 Å². The highest BCUT2D eigenvalue weighted by molar-refractivity contribution is 5.86. The number of amides is 2. The lowest BCUT2D eigenvalue weighted by Gasteiger charge is -2.21. The number of nitrogens with zero attached hydrogens (tertiary/aromatic N) is 1. The topological polar surface area (TPSA) is 58.5 Å². The lowest BCUT2D eigenvalue weighted by atomic mass is 9.88. The van der Waals surface area contributed by atoms with Crippen molar-refractivity contribution in [1.82, 2.24) is 5.32 Å². The third kappa shape index (κ3) is 3.74. The zero-order valence-electron chi connectivity index (χ0n) is 14.6. The van der Waals surface area contributed by atoms with Crippen LogP contribution in [0.25, 0.3) is 6.08 Å². The molecule has 1 atom stereocenters. The predicted molar refractivity (Wildman–Crippen MR) is 93.9 cm³/mol. The lowest BCUT2D eigenvalue weighted by molar-refractivity contribution is -0.126. The van der Waals surface area contributed by atoms with Crippen LogP contribution in [0.1, 0.15) is 49.7 Å². The van der Waals surface area contributed by atoms with Gasteiger partial charge in [-0.3, -0.25) is 9.59 Å². The number of carbonyl (C=O) groups is 2. The largest absolute Gasteiger partial charge is 0.356 e. The maximum Gasteiger partial charge on any atom is 0.253 e. The average Bonchev–Trinajstić information content (AvgIpc) is 2.58. The second-order valence-electron chi connectivity index (χ2n) is 7.13. The van der Waals surface area contributed by atoms with Crippen molar-refractivity contribution in [2.75, 3.05) is 6.54 Å². The molecule has 0 saturated heterocycles. The van der Waals surface area contributed by atoms with Gasteiger partial charge in [0.1, 0.15) is 0 Å². The van der Waals surface area contributed by atoms with Gasteiger partial charge < -0.3 is 5.32 Å². The smallest absolute Gasteiger partial charge is 0.253 e. The Balaban J connectivity index is 1.61. The summed E-state index contributed by atoms with van der Waals surface area (Å²) < 4.78 is 0. The highest BCUT2D eigenvalue weighted by Crippen LogP contribution is 2.23. The Morgan fingerprint density at radius 3 is 2.62 bits per heavy atom. The van der Waals surface area contributed by atoms with Gasteiger partial charge in [-0.15, -0.1) is 0 Å². The monoisotopic (exact) mass is 326 g/mol. The molecule has 1 heterocycles. The predicted octanol–water partition coefficient (Wildman–Crippen LogP) is 1.95. The molecule has 1 saturated carbocycles. The highest BCUT2D eigenvalue weighted by atomic mass is 16.2. The van der Waals surface area contributed by atoms with Crippen LogP contribution in [0.5, 0.6) is 0 Å². The number of nitrogens with one attached hydrogen (secondary N) is 1. The van der Waals surface area contributed by atoms with Gasteiger partial charge in [0.2, 0.25) is 5.91 Å². The molecule has 1 unspecified atom stereocenters. The molecule has 2 aliphatic rings. The molecule has 24 heavy (non-hydrogen) atoms. The van der Waals surface area contributed by atoms with E-state index >= 15 is 0 Å². The summed E-state index contributed by atoms with van der Waals surface area (Å²) in [6.07, 6.45) is 8.18. The molecular formula is C20H26N2O2. The van der Waals surface area contributed by atoms with E-state index < -0.39 is 0 Å². The highest BCUT2D eigenvalue weighted by Gasteiger charge is 2.22. The molecule has 1 aromatic carbocycles. The summed E-state index contributed by atoms with van der Waals surface area (Å²) in [6, 6.07) is 4.06. The molecule has 1 aliphatic carbocycles. The van der Waals surface area contributed by atoms with Crippen molar-refractivity contribution in [3.05, 3.63) is 33.8 Å². The summed E-state index contributed by atoms with van der Waals surface area (Å²) in [6.45, 7) is 4.64. The van der Waals surface area contributed by atoms with Crippen molar-refractivity contribution in [2.45, 2.75) is 52.4 Å². The maximum absolute atomic E-state index is 12.2. The number of benzene rings is 1. The minimum atomic E-state index is -0.230. The fourth-order valence-corrected chi connectivity index (χ4v) is 3.61. The molecular weight excluding hydrogens is 300 g/mol. The molecule has 0 radical (unpaired) electrons. The Morgan fingerprint density at radius 1 is 1.17 bits per heavy atom. The number of hydrogen-bond acceptors (Lipinski definition) is 2. The van der Waals surface area contributed by atoms with Gasteiger partial charge in [0.05, 0.1) is 11.3 Å². The van der Waals surface area contributed by atoms with Crippen LogP contribution in [0.15, 0.2) is 17.1 Å². The molecule has 1 N–H and O–H groups in total. The van der Waals surface area contributed by atoms with Crippen molar-refractivity contribution in [3.63, 3.8) is 0 Å². The molecule has 3 rings (SSSR count). The van der Waals surface area contributed by atoms with Gasteiger partial charge in [-0.25, -0.2) is 4.99 Å². The molecule has 4 nitrogen and oxygen atoms in total. The Morgan fingerprint density at radius 2 is 1.88 bits per heavy atom. The molecule has 1 aliphatic heterocycles. The van der Waals surface area contributed by atoms with Crippen LogP contribution in [-0.2, 0) is 9.59 Å². The number of hydrogen-bond donors (Lipinski definition) is 1. The number of aryl methyl sites for hydroxylation is 2. The first kappa shape index (κ1) is 16.9. The minimum absolute atomic E-state index is 0.0994. The van der Waals surface area contributed by atoms with Gasteiger partial charge in [0.25, 0.3) is 5.91 Å². The lowest BCUT2D eigenvalue weighted by Crippen LogP contribution is -2.37. The van der Waals surface area contributed by atoms with Crippen LogP contribution in [0.2, 0.25) is 0 Å². The molecule has 0 bridgehead atoms. The summed E-state index contributed by atoms with van der Waals surface area (Å²) in [5, 5.41) is 4.81. The second-order valence-corrected chi connectivity index (χ2v) is 7.13. The van der Waals surface area contributed by atoms with Crippen LogP contribution in [0, 0.1) is 25.7 Å². The molecule has 2 amide bonds. The quantitative estimate of drug-likeness (QED) is 0.919. The summed E-state index contributed by atoms with van der Waals surface area (Å²) in [5.74, 6) is -0.00785. The molecule has 4 heteroatoms. The molecule has 0 aromatic heterocycles. The first-order chi connectivity index (χ1) is 11.5. The van der Waals surface area contributed by atoms with Gasteiger partial charge in [0, 0.05) is 12.5 Å². The molecule has 1 fully saturated rings. The zero-order valence-corrected chi connectivity index (χ0v) is 14.6. The van der Waals surface area contributed by atoms with E-state index in [-0.39, 0.29) is 23.7 Å². The van der Waals surface area contributed by atoms with E-state index in [9.17, 15) is 9.59 Å². The van der Waals surface area contributed by atoms with E-state index in [0.717, 1.165) is 41.8 Å². The normalized spacial score (nSPS) is 20.8. The van der Waals surface area contributed by atoms with Crippen LogP contribution in [0.3, 0.4) is 0 Å². The first-order valence-electron chi connectivity index (χ1n) is 9.04. The molecule has 0 spiro atoms. The van der Waals surface area contributed by atoms with Crippen molar-refractivity contribution in [3.8, 4) is 0 Å². The SMILES string of the molecule is Cc1cc2c(cc1C)=NC(=O)C(CCNC(=O)C1CCCCC1)C=2. The fourth-order valence-electron chi connectivity index (χ4n) is 3.61. The van der Waals surface area contributed by atoms with Gasteiger partial charge >= 0.3 is 0 Å². The Hall–Kier alpha value is -1.97. The molecule has 128 valence electrons. The summed E-state index contributed by atoms with van der Waals surface area (Å²) in [4.78, 5) is 28.6. The average molecular weight is 326 g/mol. The van der Waals surface area contributed by atoms with Crippen LogP contribution >= 0.6 is 0 Å². The standard InChI is InChI=1S/C20H26N2O2/c1-13-10-17-12-16(20(24)22-18(17)11-14(13)2)8-9-21-19(23)15-6-4-3-5-7-15/h10-12,15-16H,3-9H2,1-2H3,(H,21,23). The third-order valence-electron chi connectivity index (χ3n) is 5.30. The number of fused-ring (bicyclic) bond motifs is 1. The van der Waals surface area contributed by atoms with Gasteiger partial charge in [-0.2, -0.15) is 0 Å². The third-order valence-corrected chi connectivity index (χ3v) is 5.30. The zero-order chi connectivity index (χ0) is 17.1. The first-order valence-corrected chi connectivity index (χ1v) is 9.04.